The maximum absolute atomic E-state index is 13.2. The summed E-state index contributed by atoms with van der Waals surface area (Å²) < 4.78 is 18.4. The maximum atomic E-state index is 13.2. The number of likely N-dealkylation sites (tertiary alicyclic amines) is 1. The minimum Gasteiger partial charge on any atom is -0.356 e. The molecule has 0 spiro atoms. The van der Waals surface area contributed by atoms with E-state index in [9.17, 15) is 9.18 Å². The lowest BCUT2D eigenvalue weighted by atomic mass is 9.97. The normalized spacial score (nSPS) is 19.4. The maximum Gasteiger partial charge on any atom is 0.170 e. The van der Waals surface area contributed by atoms with Gasteiger partial charge in [0, 0.05) is 11.5 Å². The van der Waals surface area contributed by atoms with Gasteiger partial charge in [-0.3, -0.25) is 9.69 Å². The van der Waals surface area contributed by atoms with Crippen LogP contribution in [0.1, 0.15) is 37.9 Å². The van der Waals surface area contributed by atoms with Crippen LogP contribution in [0.4, 0.5) is 4.39 Å². The summed E-state index contributed by atoms with van der Waals surface area (Å²) in [5.41, 5.74) is 1.29. The van der Waals surface area contributed by atoms with Crippen molar-refractivity contribution in [1.82, 2.24) is 10.1 Å². The van der Waals surface area contributed by atoms with Crippen molar-refractivity contribution in [2.75, 3.05) is 13.1 Å². The highest BCUT2D eigenvalue weighted by atomic mass is 35.5. The van der Waals surface area contributed by atoms with E-state index in [4.69, 9.17) is 4.52 Å². The van der Waals surface area contributed by atoms with Gasteiger partial charge in [0.25, 0.3) is 0 Å². The van der Waals surface area contributed by atoms with E-state index >= 15 is 0 Å². The number of carbonyl (C=O) groups excluding carboxylic acids is 1. The van der Waals surface area contributed by atoms with Gasteiger partial charge in [0.1, 0.15) is 17.3 Å². The van der Waals surface area contributed by atoms with Gasteiger partial charge in [-0.1, -0.05) is 11.6 Å². The molecule has 1 aliphatic heterocycles. The van der Waals surface area contributed by atoms with E-state index in [1.54, 1.807) is 13.0 Å². The number of fused-ring (bicyclic) bond motifs is 1. The average molecular weight is 313 g/mol. The predicted molar refractivity (Wildman–Crippen MR) is 80.1 cm³/mol. The zero-order chi connectivity index (χ0) is 14.1. The van der Waals surface area contributed by atoms with E-state index < -0.39 is 0 Å². The number of piperidine rings is 1. The molecule has 2 aromatic rings. The third kappa shape index (κ3) is 3.24. The summed E-state index contributed by atoms with van der Waals surface area (Å²) in [6, 6.07) is 4.56. The fraction of sp³-hybridized carbons (Fsp3) is 0.467. The van der Waals surface area contributed by atoms with Gasteiger partial charge in [-0.25, -0.2) is 4.39 Å². The highest BCUT2D eigenvalue weighted by Crippen LogP contribution is 2.34. The van der Waals surface area contributed by atoms with Crippen molar-refractivity contribution in [2.24, 2.45) is 0 Å². The van der Waals surface area contributed by atoms with Crippen molar-refractivity contribution in [3.63, 3.8) is 0 Å². The van der Waals surface area contributed by atoms with Crippen molar-refractivity contribution < 1.29 is 13.7 Å². The SMILES string of the molecule is CC(=O)CN1CCCCC1c1noc2cc(F)ccc12.Cl. The Morgan fingerprint density at radius 1 is 1.48 bits per heavy atom. The molecule has 1 aliphatic rings. The molecule has 1 saturated heterocycles. The van der Waals surface area contributed by atoms with Gasteiger partial charge in [-0.2, -0.15) is 0 Å². The van der Waals surface area contributed by atoms with Crippen LogP contribution in [0.2, 0.25) is 0 Å². The van der Waals surface area contributed by atoms with Gasteiger partial charge in [0.15, 0.2) is 5.58 Å². The zero-order valence-electron chi connectivity index (χ0n) is 11.8. The highest BCUT2D eigenvalue weighted by Gasteiger charge is 2.28. The van der Waals surface area contributed by atoms with Crippen LogP contribution in [0.25, 0.3) is 11.0 Å². The number of benzene rings is 1. The molecule has 3 rings (SSSR count). The van der Waals surface area contributed by atoms with Gasteiger partial charge in [-0.15, -0.1) is 12.4 Å². The number of rotatable bonds is 3. The van der Waals surface area contributed by atoms with Gasteiger partial charge in [0.2, 0.25) is 0 Å². The van der Waals surface area contributed by atoms with E-state index in [1.165, 1.54) is 12.1 Å². The van der Waals surface area contributed by atoms with E-state index in [0.717, 1.165) is 36.9 Å². The molecule has 4 nitrogen and oxygen atoms in total. The summed E-state index contributed by atoms with van der Waals surface area (Å²) in [4.78, 5) is 13.5. The first-order valence-corrected chi connectivity index (χ1v) is 6.93. The summed E-state index contributed by atoms with van der Waals surface area (Å²) in [6.07, 6.45) is 3.15. The van der Waals surface area contributed by atoms with Crippen molar-refractivity contribution in [2.45, 2.75) is 32.2 Å². The number of halogens is 2. The molecule has 0 amide bonds. The van der Waals surface area contributed by atoms with E-state index in [0.29, 0.717) is 12.1 Å². The monoisotopic (exact) mass is 312 g/mol. The van der Waals surface area contributed by atoms with Crippen molar-refractivity contribution in [3.05, 3.63) is 29.7 Å². The van der Waals surface area contributed by atoms with E-state index in [2.05, 4.69) is 10.1 Å². The molecule has 114 valence electrons. The summed E-state index contributed by atoms with van der Waals surface area (Å²) in [7, 11) is 0. The summed E-state index contributed by atoms with van der Waals surface area (Å²) in [6.45, 7) is 2.92. The second kappa shape index (κ2) is 6.54. The van der Waals surface area contributed by atoms with E-state index in [-0.39, 0.29) is 30.0 Å². The molecule has 1 fully saturated rings. The van der Waals surface area contributed by atoms with Crippen LogP contribution in [-0.4, -0.2) is 28.9 Å². The lowest BCUT2D eigenvalue weighted by molar-refractivity contribution is -0.119. The Labute approximate surface area is 128 Å². The Morgan fingerprint density at radius 3 is 3.05 bits per heavy atom. The predicted octanol–water partition coefficient (Wildman–Crippen LogP) is 3.50. The van der Waals surface area contributed by atoms with Crippen LogP contribution in [0.5, 0.6) is 0 Å². The molecule has 0 radical (unpaired) electrons. The molecule has 0 aliphatic carbocycles. The molecule has 1 aromatic heterocycles. The van der Waals surface area contributed by atoms with Gasteiger partial charge in [-0.05, 0) is 38.4 Å². The van der Waals surface area contributed by atoms with Crippen molar-refractivity contribution in [3.8, 4) is 0 Å². The molecule has 0 saturated carbocycles. The van der Waals surface area contributed by atoms with Crippen LogP contribution in [0.3, 0.4) is 0 Å². The standard InChI is InChI=1S/C15H17FN2O2.ClH/c1-10(19)9-18-7-3-2-4-13(18)15-12-6-5-11(16)8-14(12)20-17-15;/h5-6,8,13H,2-4,7,9H2,1H3;1H. The fourth-order valence-corrected chi connectivity index (χ4v) is 2.95. The molecule has 1 atom stereocenters. The van der Waals surface area contributed by atoms with Crippen LogP contribution < -0.4 is 0 Å². The smallest absolute Gasteiger partial charge is 0.170 e. The lowest BCUT2D eigenvalue weighted by Crippen LogP contribution is -2.36. The molecule has 21 heavy (non-hydrogen) atoms. The molecule has 1 unspecified atom stereocenters. The number of hydrogen-bond donors (Lipinski definition) is 0. The first kappa shape index (κ1) is 15.9. The molecule has 2 heterocycles. The van der Waals surface area contributed by atoms with Crippen molar-refractivity contribution in [1.29, 1.82) is 0 Å². The quantitative estimate of drug-likeness (QED) is 0.870. The van der Waals surface area contributed by atoms with Gasteiger partial charge < -0.3 is 4.52 Å². The Balaban J connectivity index is 0.00000161. The Bertz CT molecular complexity index is 644. The van der Waals surface area contributed by atoms with Crippen LogP contribution in [-0.2, 0) is 4.79 Å². The third-order valence-corrected chi connectivity index (χ3v) is 3.82. The zero-order valence-corrected chi connectivity index (χ0v) is 12.7. The average Bonchev–Trinajstić information content (AvgIpc) is 2.81. The Hall–Kier alpha value is -1.46. The largest absolute Gasteiger partial charge is 0.356 e. The van der Waals surface area contributed by atoms with Gasteiger partial charge in [0.05, 0.1) is 12.6 Å². The molecule has 1 aromatic carbocycles. The minimum atomic E-state index is -0.329. The number of ketones is 1. The summed E-state index contributed by atoms with van der Waals surface area (Å²) in [5.74, 6) is -0.180. The molecular formula is C15H18ClFN2O2. The summed E-state index contributed by atoms with van der Waals surface area (Å²) >= 11 is 0. The minimum absolute atomic E-state index is 0. The first-order chi connectivity index (χ1) is 9.65. The molecule has 6 heteroatoms. The number of aromatic nitrogens is 1. The number of nitrogens with zero attached hydrogens (tertiary/aromatic N) is 2. The first-order valence-electron chi connectivity index (χ1n) is 6.93. The second-order valence-electron chi connectivity index (χ2n) is 5.39. The third-order valence-electron chi connectivity index (χ3n) is 3.82. The number of Topliss-reactive ketones (excluding diaryl/α,β-unsaturated/α-hetero) is 1. The fourth-order valence-electron chi connectivity index (χ4n) is 2.95. The van der Waals surface area contributed by atoms with Gasteiger partial charge >= 0.3 is 0 Å². The molecule has 0 N–H and O–H groups in total. The summed E-state index contributed by atoms with van der Waals surface area (Å²) in [5, 5.41) is 4.96. The number of hydrogen-bond acceptors (Lipinski definition) is 4. The lowest BCUT2D eigenvalue weighted by Gasteiger charge is -2.33. The highest BCUT2D eigenvalue weighted by molar-refractivity contribution is 5.85. The van der Waals surface area contributed by atoms with E-state index in [1.807, 2.05) is 0 Å². The topological polar surface area (TPSA) is 46.3 Å². The molecular weight excluding hydrogens is 295 g/mol. The van der Waals surface area contributed by atoms with Crippen LogP contribution in [0, 0.1) is 5.82 Å². The number of carbonyl (C=O) groups is 1. The Morgan fingerprint density at radius 2 is 2.29 bits per heavy atom. The Kier molecular flexibility index (Phi) is 4.96. The van der Waals surface area contributed by atoms with Crippen LogP contribution >= 0.6 is 12.4 Å². The van der Waals surface area contributed by atoms with Crippen molar-refractivity contribution >= 4 is 29.2 Å². The van der Waals surface area contributed by atoms with Crippen LogP contribution in [0.15, 0.2) is 22.7 Å². The second-order valence-corrected chi connectivity index (χ2v) is 5.39. The molecule has 0 bridgehead atoms.